The van der Waals surface area contributed by atoms with Gasteiger partial charge in [-0.15, -0.1) is 5.10 Å². The normalized spacial score (nSPS) is 19.8. The van der Waals surface area contributed by atoms with Gasteiger partial charge in [0.05, 0.1) is 11.9 Å². The summed E-state index contributed by atoms with van der Waals surface area (Å²) in [7, 11) is 0. The van der Waals surface area contributed by atoms with Gasteiger partial charge in [-0.25, -0.2) is 4.39 Å². The zero-order valence-electron chi connectivity index (χ0n) is 13.4. The lowest BCUT2D eigenvalue weighted by Crippen LogP contribution is -2.44. The summed E-state index contributed by atoms with van der Waals surface area (Å²) in [6.07, 6.45) is 4.76. The summed E-state index contributed by atoms with van der Waals surface area (Å²) in [5.41, 5.74) is 1.34. The fourth-order valence-corrected chi connectivity index (χ4v) is 3.63. The van der Waals surface area contributed by atoms with E-state index in [1.54, 1.807) is 12.1 Å². The number of likely N-dealkylation sites (tertiary alicyclic amines) is 1. The molecule has 0 atom stereocenters. The van der Waals surface area contributed by atoms with Crippen molar-refractivity contribution in [3.05, 3.63) is 42.0 Å². The predicted molar refractivity (Wildman–Crippen MR) is 86.4 cm³/mol. The van der Waals surface area contributed by atoms with E-state index in [1.165, 1.54) is 29.5 Å². The first-order valence-corrected chi connectivity index (χ1v) is 8.34. The molecule has 0 unspecified atom stereocenters. The molecule has 24 heavy (non-hydrogen) atoms. The summed E-state index contributed by atoms with van der Waals surface area (Å²) in [6.45, 7) is 3.68. The Hall–Kier alpha value is -2.28. The predicted octanol–water partition coefficient (Wildman–Crippen LogP) is 1.62. The van der Waals surface area contributed by atoms with Crippen LogP contribution in [0.4, 0.5) is 4.39 Å². The van der Waals surface area contributed by atoms with Gasteiger partial charge in [0.1, 0.15) is 5.82 Å². The van der Waals surface area contributed by atoms with Crippen molar-refractivity contribution >= 4 is 5.91 Å². The maximum absolute atomic E-state index is 13.0. The molecule has 1 amide bonds. The quantitative estimate of drug-likeness (QED) is 0.909. The molecule has 0 aliphatic carbocycles. The standard InChI is InChI=1S/C17H20FN5O/c18-13-1-3-14(4-2-13)23-20-11-15(21-23)16(24)22-9-6-17(7-10-22)5-8-19-12-17/h1-4,11,19H,5-10,12H2. The molecule has 0 bridgehead atoms. The molecular formula is C17H20FN5O. The molecule has 4 rings (SSSR count). The smallest absolute Gasteiger partial charge is 0.276 e. The van der Waals surface area contributed by atoms with E-state index < -0.39 is 0 Å². The number of benzene rings is 1. The Morgan fingerprint density at radius 3 is 2.58 bits per heavy atom. The number of carbonyl (C=O) groups is 1. The first kappa shape index (κ1) is 15.3. The van der Waals surface area contributed by atoms with Gasteiger partial charge in [-0.2, -0.15) is 9.90 Å². The molecule has 2 saturated heterocycles. The van der Waals surface area contributed by atoms with Gasteiger partial charge in [-0.05, 0) is 55.5 Å². The van der Waals surface area contributed by atoms with Gasteiger partial charge in [0.2, 0.25) is 0 Å². The maximum Gasteiger partial charge on any atom is 0.276 e. The van der Waals surface area contributed by atoms with Crippen LogP contribution in [0.25, 0.3) is 5.69 Å². The van der Waals surface area contributed by atoms with Crippen LogP contribution in [-0.4, -0.2) is 52.0 Å². The van der Waals surface area contributed by atoms with E-state index in [2.05, 4.69) is 15.5 Å². The Morgan fingerprint density at radius 2 is 1.92 bits per heavy atom. The third kappa shape index (κ3) is 2.80. The van der Waals surface area contributed by atoms with Crippen molar-refractivity contribution in [2.45, 2.75) is 19.3 Å². The van der Waals surface area contributed by atoms with Crippen LogP contribution in [0.1, 0.15) is 29.8 Å². The zero-order valence-corrected chi connectivity index (χ0v) is 13.4. The van der Waals surface area contributed by atoms with Crippen LogP contribution in [0, 0.1) is 11.2 Å². The number of rotatable bonds is 2. The summed E-state index contributed by atoms with van der Waals surface area (Å²) < 4.78 is 13.0. The van der Waals surface area contributed by atoms with Crippen molar-refractivity contribution < 1.29 is 9.18 Å². The second-order valence-electron chi connectivity index (χ2n) is 6.71. The number of piperidine rings is 1. The highest BCUT2D eigenvalue weighted by molar-refractivity contribution is 5.92. The average Bonchev–Trinajstić information content (AvgIpc) is 3.26. The van der Waals surface area contributed by atoms with Crippen molar-refractivity contribution in [2.75, 3.05) is 26.2 Å². The lowest BCUT2D eigenvalue weighted by Gasteiger charge is -2.38. The Labute approximate surface area is 139 Å². The molecule has 2 fully saturated rings. The molecule has 1 aromatic carbocycles. The average molecular weight is 329 g/mol. The number of halogens is 1. The lowest BCUT2D eigenvalue weighted by molar-refractivity contribution is 0.0601. The van der Waals surface area contributed by atoms with Gasteiger partial charge >= 0.3 is 0 Å². The third-order valence-electron chi connectivity index (χ3n) is 5.21. The number of hydrogen-bond acceptors (Lipinski definition) is 4. The summed E-state index contributed by atoms with van der Waals surface area (Å²) >= 11 is 0. The molecule has 6 nitrogen and oxygen atoms in total. The fourth-order valence-electron chi connectivity index (χ4n) is 3.63. The van der Waals surface area contributed by atoms with E-state index in [0.717, 1.165) is 39.0 Å². The van der Waals surface area contributed by atoms with Gasteiger partial charge in [0.15, 0.2) is 5.69 Å². The van der Waals surface area contributed by atoms with Crippen LogP contribution >= 0.6 is 0 Å². The zero-order chi connectivity index (χ0) is 16.6. The molecule has 1 aromatic heterocycles. The second-order valence-corrected chi connectivity index (χ2v) is 6.71. The van der Waals surface area contributed by atoms with Crippen LogP contribution < -0.4 is 5.32 Å². The van der Waals surface area contributed by atoms with E-state index in [4.69, 9.17) is 0 Å². The molecule has 2 aliphatic heterocycles. The van der Waals surface area contributed by atoms with Crippen molar-refractivity contribution in [2.24, 2.45) is 5.41 Å². The van der Waals surface area contributed by atoms with E-state index in [-0.39, 0.29) is 11.7 Å². The largest absolute Gasteiger partial charge is 0.337 e. The monoisotopic (exact) mass is 329 g/mol. The Balaban J connectivity index is 1.45. The van der Waals surface area contributed by atoms with Crippen LogP contribution in [-0.2, 0) is 0 Å². The van der Waals surface area contributed by atoms with Gasteiger partial charge < -0.3 is 10.2 Å². The topological polar surface area (TPSA) is 63.1 Å². The number of hydrogen-bond donors (Lipinski definition) is 1. The molecule has 1 spiro atoms. The summed E-state index contributed by atoms with van der Waals surface area (Å²) in [5, 5.41) is 11.8. The summed E-state index contributed by atoms with van der Waals surface area (Å²) in [5.74, 6) is -0.393. The number of nitrogens with one attached hydrogen (secondary N) is 1. The van der Waals surface area contributed by atoms with Gasteiger partial charge in [0.25, 0.3) is 5.91 Å². The van der Waals surface area contributed by atoms with Gasteiger partial charge in [-0.3, -0.25) is 4.79 Å². The van der Waals surface area contributed by atoms with Crippen LogP contribution in [0.15, 0.2) is 30.5 Å². The van der Waals surface area contributed by atoms with Crippen molar-refractivity contribution in [1.29, 1.82) is 0 Å². The minimum atomic E-state index is -0.314. The van der Waals surface area contributed by atoms with E-state index in [1.807, 2.05) is 4.90 Å². The van der Waals surface area contributed by atoms with Crippen LogP contribution in [0.2, 0.25) is 0 Å². The highest BCUT2D eigenvalue weighted by atomic mass is 19.1. The van der Waals surface area contributed by atoms with E-state index in [9.17, 15) is 9.18 Å². The Morgan fingerprint density at radius 1 is 1.17 bits per heavy atom. The maximum atomic E-state index is 13.0. The summed E-state index contributed by atoms with van der Waals surface area (Å²) in [4.78, 5) is 15.9. The van der Waals surface area contributed by atoms with Crippen LogP contribution in [0.3, 0.4) is 0 Å². The molecule has 0 radical (unpaired) electrons. The van der Waals surface area contributed by atoms with E-state index in [0.29, 0.717) is 16.8 Å². The van der Waals surface area contributed by atoms with Gasteiger partial charge in [-0.1, -0.05) is 0 Å². The van der Waals surface area contributed by atoms with E-state index >= 15 is 0 Å². The van der Waals surface area contributed by atoms with Crippen LogP contribution in [0.5, 0.6) is 0 Å². The minimum absolute atomic E-state index is 0.0795. The summed E-state index contributed by atoms with van der Waals surface area (Å²) in [6, 6.07) is 5.86. The second kappa shape index (κ2) is 5.98. The number of amides is 1. The third-order valence-corrected chi connectivity index (χ3v) is 5.21. The molecule has 2 aromatic rings. The minimum Gasteiger partial charge on any atom is -0.337 e. The molecule has 126 valence electrons. The molecular weight excluding hydrogens is 309 g/mol. The van der Waals surface area contributed by atoms with Crippen molar-refractivity contribution in [1.82, 2.24) is 25.2 Å². The number of aromatic nitrogens is 3. The first-order chi connectivity index (χ1) is 11.7. The molecule has 7 heteroatoms. The Kier molecular flexibility index (Phi) is 3.80. The SMILES string of the molecule is O=C(c1cnn(-c2ccc(F)cc2)n1)N1CCC2(CCNC2)CC1. The number of nitrogens with zero attached hydrogens (tertiary/aromatic N) is 4. The van der Waals surface area contributed by atoms with Crippen molar-refractivity contribution in [3.8, 4) is 5.69 Å². The molecule has 2 aliphatic rings. The number of carbonyl (C=O) groups excluding carboxylic acids is 1. The fraction of sp³-hybridized carbons (Fsp3) is 0.471. The highest BCUT2D eigenvalue weighted by Crippen LogP contribution is 2.37. The molecule has 0 saturated carbocycles. The Bertz CT molecular complexity index is 726. The van der Waals surface area contributed by atoms with Crippen molar-refractivity contribution in [3.63, 3.8) is 0 Å². The van der Waals surface area contributed by atoms with Gasteiger partial charge in [0, 0.05) is 19.6 Å². The highest BCUT2D eigenvalue weighted by Gasteiger charge is 2.38. The lowest BCUT2D eigenvalue weighted by atomic mass is 9.78. The molecule has 3 heterocycles. The molecule has 1 N–H and O–H groups in total. The first-order valence-electron chi connectivity index (χ1n) is 8.34.